The van der Waals surface area contributed by atoms with Crippen LogP contribution in [0.15, 0.2) is 16.7 Å². The first kappa shape index (κ1) is 13.1. The van der Waals surface area contributed by atoms with Crippen molar-refractivity contribution < 1.29 is 13.9 Å². The molecule has 1 atom stereocenters. The first-order chi connectivity index (χ1) is 8.76. The summed E-state index contributed by atoms with van der Waals surface area (Å²) in [6.07, 6.45) is 2.54. The van der Waals surface area contributed by atoms with Crippen LogP contribution < -0.4 is 11.3 Å². The Bertz CT molecular complexity index is 405. The summed E-state index contributed by atoms with van der Waals surface area (Å²) >= 11 is 0. The van der Waals surface area contributed by atoms with Crippen LogP contribution in [-0.4, -0.2) is 36.6 Å². The van der Waals surface area contributed by atoms with Gasteiger partial charge in [0.2, 0.25) is 0 Å². The molecule has 1 unspecified atom stereocenters. The van der Waals surface area contributed by atoms with Crippen LogP contribution in [0.3, 0.4) is 0 Å². The predicted molar refractivity (Wildman–Crippen MR) is 65.7 cm³/mol. The summed E-state index contributed by atoms with van der Waals surface area (Å²) in [5.74, 6) is 5.02. The van der Waals surface area contributed by atoms with E-state index in [0.29, 0.717) is 18.3 Å². The third-order valence-electron chi connectivity index (χ3n) is 3.28. The highest BCUT2D eigenvalue weighted by atomic mass is 16.5. The number of hydrazine groups is 1. The van der Waals surface area contributed by atoms with Gasteiger partial charge in [-0.15, -0.1) is 0 Å². The van der Waals surface area contributed by atoms with Gasteiger partial charge in [0.1, 0.15) is 0 Å². The number of furan rings is 1. The van der Waals surface area contributed by atoms with Gasteiger partial charge >= 0.3 is 5.91 Å². The van der Waals surface area contributed by atoms with Gasteiger partial charge in [-0.05, 0) is 12.5 Å². The summed E-state index contributed by atoms with van der Waals surface area (Å²) in [5, 5.41) is 0. The monoisotopic (exact) mass is 253 g/mol. The van der Waals surface area contributed by atoms with Crippen molar-refractivity contribution in [2.75, 3.05) is 19.8 Å². The molecule has 1 fully saturated rings. The fourth-order valence-corrected chi connectivity index (χ4v) is 2.22. The van der Waals surface area contributed by atoms with Crippen LogP contribution in [0.4, 0.5) is 0 Å². The first-order valence-corrected chi connectivity index (χ1v) is 6.15. The standard InChI is InChI=1S/C12H19N3O3/c1-2-10-8-17-6-4-15(10)7-9-3-5-18-11(9)12(16)14-13/h3,5,10H,2,4,6-8,13H2,1H3,(H,14,16). The molecule has 1 amide bonds. The Balaban J connectivity index is 2.08. The van der Waals surface area contributed by atoms with Crippen LogP contribution >= 0.6 is 0 Å². The molecule has 0 spiro atoms. The summed E-state index contributed by atoms with van der Waals surface area (Å²) in [4.78, 5) is 13.8. The quantitative estimate of drug-likeness (QED) is 0.464. The number of nitrogens with one attached hydrogen (secondary N) is 1. The maximum atomic E-state index is 11.5. The number of morpholine rings is 1. The lowest BCUT2D eigenvalue weighted by Gasteiger charge is -2.34. The van der Waals surface area contributed by atoms with Crippen molar-refractivity contribution >= 4 is 5.91 Å². The van der Waals surface area contributed by atoms with Crippen molar-refractivity contribution in [1.29, 1.82) is 0 Å². The molecule has 2 rings (SSSR count). The minimum absolute atomic E-state index is 0.291. The van der Waals surface area contributed by atoms with Crippen LogP contribution in [-0.2, 0) is 11.3 Å². The van der Waals surface area contributed by atoms with Crippen LogP contribution in [0.25, 0.3) is 0 Å². The zero-order valence-corrected chi connectivity index (χ0v) is 10.5. The number of nitrogen functional groups attached to an aromatic ring is 1. The largest absolute Gasteiger partial charge is 0.459 e. The molecule has 6 nitrogen and oxygen atoms in total. The number of ether oxygens (including phenoxy) is 1. The Labute approximate surface area is 106 Å². The van der Waals surface area contributed by atoms with Crippen LogP contribution in [0.1, 0.15) is 29.5 Å². The highest BCUT2D eigenvalue weighted by molar-refractivity contribution is 5.92. The third kappa shape index (κ3) is 2.72. The van der Waals surface area contributed by atoms with E-state index in [1.165, 1.54) is 6.26 Å². The van der Waals surface area contributed by atoms with E-state index >= 15 is 0 Å². The van der Waals surface area contributed by atoms with E-state index in [1.807, 2.05) is 6.07 Å². The molecule has 1 aromatic rings. The molecule has 1 aliphatic heterocycles. The lowest BCUT2D eigenvalue weighted by molar-refractivity contribution is -0.0129. The Morgan fingerprint density at radius 1 is 1.67 bits per heavy atom. The summed E-state index contributed by atoms with van der Waals surface area (Å²) in [7, 11) is 0. The molecule has 0 radical (unpaired) electrons. The van der Waals surface area contributed by atoms with E-state index in [9.17, 15) is 4.79 Å². The van der Waals surface area contributed by atoms with Crippen LogP contribution in [0.5, 0.6) is 0 Å². The zero-order valence-electron chi connectivity index (χ0n) is 10.5. The summed E-state index contributed by atoms with van der Waals surface area (Å²) < 4.78 is 10.6. The lowest BCUT2D eigenvalue weighted by atomic mass is 10.1. The molecule has 2 heterocycles. The zero-order chi connectivity index (χ0) is 13.0. The van der Waals surface area contributed by atoms with Gasteiger partial charge in [0, 0.05) is 24.7 Å². The maximum absolute atomic E-state index is 11.5. The number of nitrogens with zero attached hydrogens (tertiary/aromatic N) is 1. The number of carbonyl (C=O) groups excluding carboxylic acids is 1. The Morgan fingerprint density at radius 2 is 2.50 bits per heavy atom. The number of nitrogens with two attached hydrogens (primary N) is 1. The highest BCUT2D eigenvalue weighted by Gasteiger charge is 2.24. The van der Waals surface area contributed by atoms with Gasteiger partial charge < -0.3 is 9.15 Å². The van der Waals surface area contributed by atoms with Gasteiger partial charge in [-0.2, -0.15) is 0 Å². The van der Waals surface area contributed by atoms with E-state index in [2.05, 4.69) is 17.2 Å². The fourth-order valence-electron chi connectivity index (χ4n) is 2.22. The van der Waals surface area contributed by atoms with Gasteiger partial charge in [-0.25, -0.2) is 5.84 Å². The summed E-state index contributed by atoms with van der Waals surface area (Å²) in [5.41, 5.74) is 2.95. The molecule has 1 aromatic heterocycles. The molecule has 0 bridgehead atoms. The van der Waals surface area contributed by atoms with Crippen molar-refractivity contribution in [3.63, 3.8) is 0 Å². The average molecular weight is 253 g/mol. The normalized spacial score (nSPS) is 20.9. The number of hydrogen-bond donors (Lipinski definition) is 2. The van der Waals surface area contributed by atoms with Gasteiger partial charge in [-0.3, -0.25) is 15.1 Å². The molecule has 100 valence electrons. The molecule has 1 saturated heterocycles. The van der Waals surface area contributed by atoms with Gasteiger partial charge in [0.05, 0.1) is 19.5 Å². The molecule has 0 aliphatic carbocycles. The van der Waals surface area contributed by atoms with Crippen molar-refractivity contribution in [2.45, 2.75) is 25.9 Å². The SMILES string of the molecule is CCC1COCCN1Cc1ccoc1C(=O)NN. The lowest BCUT2D eigenvalue weighted by Crippen LogP contribution is -2.44. The molecule has 3 N–H and O–H groups in total. The van der Waals surface area contributed by atoms with E-state index in [-0.39, 0.29) is 0 Å². The highest BCUT2D eigenvalue weighted by Crippen LogP contribution is 2.18. The predicted octanol–water partition coefficient (Wildman–Crippen LogP) is 0.494. The van der Waals surface area contributed by atoms with Crippen molar-refractivity contribution in [2.24, 2.45) is 5.84 Å². The van der Waals surface area contributed by atoms with Crippen LogP contribution in [0.2, 0.25) is 0 Å². The minimum Gasteiger partial charge on any atom is -0.459 e. The molecular formula is C12H19N3O3. The Hall–Kier alpha value is -1.37. The van der Waals surface area contributed by atoms with Gasteiger partial charge in [0.25, 0.3) is 0 Å². The first-order valence-electron chi connectivity index (χ1n) is 6.15. The molecule has 0 saturated carbocycles. The summed E-state index contributed by atoms with van der Waals surface area (Å²) in [6, 6.07) is 2.20. The number of amides is 1. The van der Waals surface area contributed by atoms with Crippen LogP contribution in [0, 0.1) is 0 Å². The van der Waals surface area contributed by atoms with E-state index in [1.54, 1.807) is 0 Å². The molecular weight excluding hydrogens is 234 g/mol. The minimum atomic E-state index is -0.392. The van der Waals surface area contributed by atoms with E-state index in [4.69, 9.17) is 15.0 Å². The number of hydrogen-bond acceptors (Lipinski definition) is 5. The molecule has 0 aromatic carbocycles. The molecule has 1 aliphatic rings. The van der Waals surface area contributed by atoms with Gasteiger partial charge in [0.15, 0.2) is 5.76 Å². The number of carbonyl (C=O) groups is 1. The third-order valence-corrected chi connectivity index (χ3v) is 3.28. The number of rotatable bonds is 4. The van der Waals surface area contributed by atoms with Crippen molar-refractivity contribution in [3.05, 3.63) is 23.7 Å². The van der Waals surface area contributed by atoms with E-state index in [0.717, 1.165) is 31.7 Å². The average Bonchev–Trinajstić information content (AvgIpc) is 2.86. The summed E-state index contributed by atoms with van der Waals surface area (Å²) in [6.45, 7) is 5.16. The smallest absolute Gasteiger partial charge is 0.301 e. The molecule has 18 heavy (non-hydrogen) atoms. The molecule has 6 heteroatoms. The van der Waals surface area contributed by atoms with Crippen molar-refractivity contribution in [3.8, 4) is 0 Å². The second kappa shape index (κ2) is 5.99. The second-order valence-electron chi connectivity index (χ2n) is 4.36. The topological polar surface area (TPSA) is 80.7 Å². The van der Waals surface area contributed by atoms with Gasteiger partial charge in [-0.1, -0.05) is 6.92 Å². The second-order valence-corrected chi connectivity index (χ2v) is 4.36. The Kier molecular flexibility index (Phi) is 4.35. The maximum Gasteiger partial charge on any atom is 0.301 e. The van der Waals surface area contributed by atoms with Crippen molar-refractivity contribution in [1.82, 2.24) is 10.3 Å². The Morgan fingerprint density at radius 3 is 3.22 bits per heavy atom. The van der Waals surface area contributed by atoms with E-state index < -0.39 is 5.91 Å². The fraction of sp³-hybridized carbons (Fsp3) is 0.583.